The number of methoxy groups -OCH3 is 2. The molecule has 2 heterocycles. The van der Waals surface area contributed by atoms with E-state index in [-0.39, 0.29) is 0 Å². The molecule has 2 rings (SSSR count). The Bertz CT molecular complexity index is 236. The Balaban J connectivity index is 0.00000112. The molecule has 0 N–H and O–H groups in total. The Hall–Kier alpha value is -0.160. The van der Waals surface area contributed by atoms with E-state index in [0.29, 0.717) is 6.10 Å². The molecular formula is C19H42N2O2. The lowest BCUT2D eigenvalue weighted by atomic mass is 9.95. The van der Waals surface area contributed by atoms with Crippen molar-refractivity contribution in [2.75, 3.05) is 60.1 Å². The number of ether oxygens (including phenoxy) is 2. The van der Waals surface area contributed by atoms with Crippen LogP contribution in [0.5, 0.6) is 0 Å². The van der Waals surface area contributed by atoms with Crippen molar-refractivity contribution in [1.82, 2.24) is 9.80 Å². The maximum atomic E-state index is 5.44. The van der Waals surface area contributed by atoms with Crippen LogP contribution >= 0.6 is 0 Å². The fourth-order valence-electron chi connectivity index (χ4n) is 3.31. The van der Waals surface area contributed by atoms with Gasteiger partial charge in [0.25, 0.3) is 0 Å². The van der Waals surface area contributed by atoms with Crippen molar-refractivity contribution in [2.24, 2.45) is 5.92 Å². The van der Waals surface area contributed by atoms with Crippen molar-refractivity contribution in [3.05, 3.63) is 0 Å². The van der Waals surface area contributed by atoms with Crippen molar-refractivity contribution in [2.45, 2.75) is 59.5 Å². The van der Waals surface area contributed by atoms with E-state index in [0.717, 1.165) is 19.1 Å². The zero-order chi connectivity index (χ0) is 17.5. The van der Waals surface area contributed by atoms with Gasteiger partial charge >= 0.3 is 0 Å². The molecule has 0 aliphatic carbocycles. The monoisotopic (exact) mass is 330 g/mol. The van der Waals surface area contributed by atoms with Crippen LogP contribution < -0.4 is 0 Å². The standard InChI is InChI=1S/C15H30N2O2.2C2H6/c1-18-12-11-16-7-3-14(4-8-16)13-17-9-5-15(19-2)6-10-17;2*1-2/h14-15H,3-13H2,1-2H3;2*1-2H3. The molecule has 0 aromatic carbocycles. The molecule has 2 fully saturated rings. The van der Waals surface area contributed by atoms with Crippen molar-refractivity contribution < 1.29 is 9.47 Å². The Morgan fingerprint density at radius 1 is 0.783 bits per heavy atom. The minimum atomic E-state index is 0.507. The lowest BCUT2D eigenvalue weighted by Gasteiger charge is -2.37. The van der Waals surface area contributed by atoms with Gasteiger partial charge in [-0.25, -0.2) is 0 Å². The van der Waals surface area contributed by atoms with Crippen LogP contribution in [0, 0.1) is 5.92 Å². The van der Waals surface area contributed by atoms with Crippen LogP contribution in [0.4, 0.5) is 0 Å². The second-order valence-electron chi connectivity index (χ2n) is 6.01. The van der Waals surface area contributed by atoms with Crippen molar-refractivity contribution in [3.8, 4) is 0 Å². The van der Waals surface area contributed by atoms with E-state index in [4.69, 9.17) is 9.47 Å². The molecule has 2 saturated heterocycles. The third kappa shape index (κ3) is 9.65. The Morgan fingerprint density at radius 2 is 1.30 bits per heavy atom. The average molecular weight is 331 g/mol. The molecule has 23 heavy (non-hydrogen) atoms. The first-order chi connectivity index (χ1) is 11.3. The smallest absolute Gasteiger partial charge is 0.0595 e. The van der Waals surface area contributed by atoms with Crippen LogP contribution in [-0.2, 0) is 9.47 Å². The zero-order valence-corrected chi connectivity index (χ0v) is 16.6. The first kappa shape index (κ1) is 22.8. The molecule has 0 radical (unpaired) electrons. The van der Waals surface area contributed by atoms with Gasteiger partial charge in [-0.1, -0.05) is 27.7 Å². The van der Waals surface area contributed by atoms with Crippen molar-refractivity contribution >= 4 is 0 Å². The van der Waals surface area contributed by atoms with Crippen LogP contribution in [0.1, 0.15) is 53.4 Å². The lowest BCUT2D eigenvalue weighted by molar-refractivity contribution is 0.0313. The van der Waals surface area contributed by atoms with Gasteiger partial charge in [0.15, 0.2) is 0 Å². The van der Waals surface area contributed by atoms with E-state index < -0.39 is 0 Å². The van der Waals surface area contributed by atoms with Crippen molar-refractivity contribution in [3.63, 3.8) is 0 Å². The molecule has 140 valence electrons. The van der Waals surface area contributed by atoms with Gasteiger partial charge in [0.2, 0.25) is 0 Å². The fraction of sp³-hybridized carbons (Fsp3) is 1.00. The number of piperidine rings is 2. The molecule has 0 saturated carbocycles. The van der Waals surface area contributed by atoms with Crippen LogP contribution in [-0.4, -0.2) is 76.0 Å². The van der Waals surface area contributed by atoms with E-state index in [2.05, 4.69) is 9.80 Å². The molecule has 4 nitrogen and oxygen atoms in total. The molecule has 0 atom stereocenters. The van der Waals surface area contributed by atoms with Crippen LogP contribution in [0.15, 0.2) is 0 Å². The van der Waals surface area contributed by atoms with Gasteiger partial charge in [-0.05, 0) is 44.7 Å². The third-order valence-corrected chi connectivity index (χ3v) is 4.70. The molecule has 2 aliphatic rings. The Kier molecular flexibility index (Phi) is 15.3. The molecule has 2 aliphatic heterocycles. The quantitative estimate of drug-likeness (QED) is 0.744. The first-order valence-electron chi connectivity index (χ1n) is 9.78. The van der Waals surface area contributed by atoms with E-state index in [9.17, 15) is 0 Å². The van der Waals surface area contributed by atoms with Crippen LogP contribution in [0.25, 0.3) is 0 Å². The summed E-state index contributed by atoms with van der Waals surface area (Å²) >= 11 is 0. The van der Waals surface area contributed by atoms with Gasteiger partial charge in [0.05, 0.1) is 12.7 Å². The Labute approximate surface area is 145 Å². The minimum Gasteiger partial charge on any atom is -0.383 e. The summed E-state index contributed by atoms with van der Waals surface area (Å²) in [5, 5.41) is 0. The highest BCUT2D eigenvalue weighted by atomic mass is 16.5. The van der Waals surface area contributed by atoms with E-state index in [1.54, 1.807) is 7.11 Å². The molecule has 0 aromatic heterocycles. The van der Waals surface area contributed by atoms with Gasteiger partial charge in [0, 0.05) is 40.4 Å². The summed E-state index contributed by atoms with van der Waals surface area (Å²) in [7, 11) is 3.63. The SMILES string of the molecule is CC.CC.COCCN1CCC(CN2CCC(OC)CC2)CC1. The number of hydrogen-bond acceptors (Lipinski definition) is 4. The van der Waals surface area contributed by atoms with E-state index >= 15 is 0 Å². The highest BCUT2D eigenvalue weighted by Gasteiger charge is 2.24. The topological polar surface area (TPSA) is 24.9 Å². The molecule has 0 amide bonds. The largest absolute Gasteiger partial charge is 0.383 e. The predicted octanol–water partition coefficient (Wildman–Crippen LogP) is 3.51. The number of likely N-dealkylation sites (tertiary alicyclic amines) is 2. The fourth-order valence-corrected chi connectivity index (χ4v) is 3.31. The summed E-state index contributed by atoms with van der Waals surface area (Å²) in [5.74, 6) is 0.901. The van der Waals surface area contributed by atoms with Crippen molar-refractivity contribution in [1.29, 1.82) is 0 Å². The molecule has 0 aromatic rings. The predicted molar refractivity (Wildman–Crippen MR) is 100 cm³/mol. The van der Waals surface area contributed by atoms with Gasteiger partial charge in [-0.2, -0.15) is 0 Å². The molecule has 0 unspecified atom stereocenters. The van der Waals surface area contributed by atoms with Gasteiger partial charge in [0.1, 0.15) is 0 Å². The molecule has 0 spiro atoms. The summed E-state index contributed by atoms with van der Waals surface area (Å²) in [6, 6.07) is 0. The molecule has 4 heteroatoms. The first-order valence-corrected chi connectivity index (χ1v) is 9.78. The van der Waals surface area contributed by atoms with Gasteiger partial charge < -0.3 is 19.3 Å². The van der Waals surface area contributed by atoms with E-state index in [1.165, 1.54) is 58.4 Å². The zero-order valence-electron chi connectivity index (χ0n) is 16.6. The summed E-state index contributed by atoms with van der Waals surface area (Å²) in [4.78, 5) is 5.18. The summed E-state index contributed by atoms with van der Waals surface area (Å²) < 4.78 is 10.6. The van der Waals surface area contributed by atoms with Crippen LogP contribution in [0.3, 0.4) is 0 Å². The van der Waals surface area contributed by atoms with Gasteiger partial charge in [-0.3, -0.25) is 0 Å². The van der Waals surface area contributed by atoms with E-state index in [1.807, 2.05) is 34.8 Å². The third-order valence-electron chi connectivity index (χ3n) is 4.70. The molecule has 0 bridgehead atoms. The minimum absolute atomic E-state index is 0.507. The molecular weight excluding hydrogens is 288 g/mol. The summed E-state index contributed by atoms with van der Waals surface area (Å²) in [6.45, 7) is 16.2. The second kappa shape index (κ2) is 15.4. The number of nitrogens with zero attached hydrogens (tertiary/aromatic N) is 2. The van der Waals surface area contributed by atoms with Gasteiger partial charge in [-0.15, -0.1) is 0 Å². The Morgan fingerprint density at radius 3 is 1.78 bits per heavy atom. The highest BCUT2D eigenvalue weighted by Crippen LogP contribution is 2.21. The maximum absolute atomic E-state index is 5.44. The maximum Gasteiger partial charge on any atom is 0.0595 e. The second-order valence-corrected chi connectivity index (χ2v) is 6.01. The highest BCUT2D eigenvalue weighted by molar-refractivity contribution is 4.78. The lowest BCUT2D eigenvalue weighted by Crippen LogP contribution is -2.43. The number of rotatable bonds is 6. The summed E-state index contributed by atoms with van der Waals surface area (Å²) in [5.41, 5.74) is 0. The normalized spacial score (nSPS) is 21.1. The number of hydrogen-bond donors (Lipinski definition) is 0. The summed E-state index contributed by atoms with van der Waals surface area (Å²) in [6.07, 6.45) is 5.64. The van der Waals surface area contributed by atoms with Crippen LogP contribution in [0.2, 0.25) is 0 Å². The average Bonchev–Trinajstić information content (AvgIpc) is 2.65.